The van der Waals surface area contributed by atoms with E-state index in [1.54, 1.807) is 12.1 Å². The van der Waals surface area contributed by atoms with Gasteiger partial charge in [-0.05, 0) is 38.1 Å². The number of carbonyl (C=O) groups excluding carboxylic acids is 2. The van der Waals surface area contributed by atoms with Gasteiger partial charge in [-0.25, -0.2) is 4.39 Å². The van der Waals surface area contributed by atoms with E-state index in [-0.39, 0.29) is 23.7 Å². The Kier molecular flexibility index (Phi) is 7.44. The predicted molar refractivity (Wildman–Crippen MR) is 111 cm³/mol. The van der Waals surface area contributed by atoms with Crippen molar-refractivity contribution in [1.82, 2.24) is 20.0 Å². The third-order valence-corrected chi connectivity index (χ3v) is 5.84. The Labute approximate surface area is 172 Å². The fraction of sp³-hybridized carbons (Fsp3) is 0.619. The molecule has 0 aromatic heterocycles. The highest BCUT2D eigenvalue weighted by atomic mass is 19.1. The molecule has 2 aliphatic rings. The summed E-state index contributed by atoms with van der Waals surface area (Å²) in [6, 6.07) is 6.37. The summed E-state index contributed by atoms with van der Waals surface area (Å²) in [5, 5.41) is 2.83. The number of amides is 2. The number of nitrogens with zero attached hydrogens (tertiary/aromatic N) is 4. The van der Waals surface area contributed by atoms with Crippen LogP contribution in [0.3, 0.4) is 0 Å². The SMILES string of the molecule is CCNC(=O)CN1CCN(C(C)C(=O)N2CCN(c3ccc(F)cc3)CC2)CC1. The lowest BCUT2D eigenvalue weighted by molar-refractivity contribution is -0.137. The van der Waals surface area contributed by atoms with Gasteiger partial charge in [0.15, 0.2) is 0 Å². The van der Waals surface area contributed by atoms with Crippen LogP contribution in [0.1, 0.15) is 13.8 Å². The van der Waals surface area contributed by atoms with E-state index in [2.05, 4.69) is 20.0 Å². The Morgan fingerprint density at radius 1 is 1.00 bits per heavy atom. The minimum atomic E-state index is -0.234. The molecule has 2 aliphatic heterocycles. The van der Waals surface area contributed by atoms with E-state index in [0.717, 1.165) is 45.0 Å². The minimum absolute atomic E-state index is 0.0594. The van der Waals surface area contributed by atoms with Crippen molar-refractivity contribution in [3.05, 3.63) is 30.1 Å². The first-order valence-corrected chi connectivity index (χ1v) is 10.5. The normalized spacial score (nSPS) is 19.8. The zero-order chi connectivity index (χ0) is 20.8. The number of halogens is 1. The number of rotatable bonds is 6. The van der Waals surface area contributed by atoms with Gasteiger partial charge in [-0.2, -0.15) is 0 Å². The van der Waals surface area contributed by atoms with Gasteiger partial charge in [0.1, 0.15) is 5.82 Å². The predicted octanol–water partition coefficient (Wildman–Crippen LogP) is 0.617. The quantitative estimate of drug-likeness (QED) is 0.752. The number of hydrogen-bond donors (Lipinski definition) is 1. The molecule has 1 unspecified atom stereocenters. The van der Waals surface area contributed by atoms with E-state index in [0.29, 0.717) is 26.2 Å². The molecule has 2 heterocycles. The molecule has 2 fully saturated rings. The molecule has 1 N–H and O–H groups in total. The van der Waals surface area contributed by atoms with Crippen molar-refractivity contribution >= 4 is 17.5 Å². The number of carbonyl (C=O) groups is 2. The lowest BCUT2D eigenvalue weighted by Gasteiger charge is -2.41. The molecule has 3 rings (SSSR count). The second-order valence-corrected chi connectivity index (χ2v) is 7.73. The summed E-state index contributed by atoms with van der Waals surface area (Å²) >= 11 is 0. The van der Waals surface area contributed by atoms with Crippen LogP contribution in [0.15, 0.2) is 24.3 Å². The standard InChI is InChI=1S/C21H32FN5O2/c1-3-23-20(28)16-24-8-10-25(11-9-24)17(2)21(29)27-14-12-26(13-15-27)19-6-4-18(22)5-7-19/h4-7,17H,3,8-16H2,1-2H3,(H,23,28). The monoisotopic (exact) mass is 405 g/mol. The lowest BCUT2D eigenvalue weighted by Crippen LogP contribution is -2.58. The number of benzene rings is 1. The molecule has 160 valence electrons. The molecule has 0 saturated carbocycles. The molecule has 1 aromatic rings. The summed E-state index contributed by atoms with van der Waals surface area (Å²) in [6.07, 6.45) is 0. The molecule has 8 heteroatoms. The number of anilines is 1. The van der Waals surface area contributed by atoms with Gasteiger partial charge in [-0.15, -0.1) is 0 Å². The van der Waals surface area contributed by atoms with Crippen LogP contribution in [-0.2, 0) is 9.59 Å². The molecular formula is C21H32FN5O2. The van der Waals surface area contributed by atoms with Crippen LogP contribution < -0.4 is 10.2 Å². The van der Waals surface area contributed by atoms with E-state index in [1.807, 2.05) is 18.7 Å². The maximum atomic E-state index is 13.1. The maximum Gasteiger partial charge on any atom is 0.239 e. The summed E-state index contributed by atoms with van der Waals surface area (Å²) in [7, 11) is 0. The molecule has 2 amide bonds. The highest BCUT2D eigenvalue weighted by Gasteiger charge is 2.30. The van der Waals surface area contributed by atoms with Crippen LogP contribution in [0.5, 0.6) is 0 Å². The van der Waals surface area contributed by atoms with Crippen LogP contribution >= 0.6 is 0 Å². The van der Waals surface area contributed by atoms with Crippen molar-refractivity contribution < 1.29 is 14.0 Å². The van der Waals surface area contributed by atoms with Gasteiger partial charge in [0.25, 0.3) is 0 Å². The fourth-order valence-corrected chi connectivity index (χ4v) is 4.02. The van der Waals surface area contributed by atoms with Crippen LogP contribution in [0.25, 0.3) is 0 Å². The van der Waals surface area contributed by atoms with Gasteiger partial charge in [-0.1, -0.05) is 0 Å². The number of likely N-dealkylation sites (N-methyl/N-ethyl adjacent to an activating group) is 1. The summed E-state index contributed by atoms with van der Waals surface area (Å²) < 4.78 is 13.1. The highest BCUT2D eigenvalue weighted by Crippen LogP contribution is 2.18. The van der Waals surface area contributed by atoms with E-state index < -0.39 is 0 Å². The Morgan fingerprint density at radius 2 is 1.62 bits per heavy atom. The second-order valence-electron chi connectivity index (χ2n) is 7.73. The van der Waals surface area contributed by atoms with Gasteiger partial charge in [0.2, 0.25) is 11.8 Å². The average Bonchev–Trinajstić information content (AvgIpc) is 2.74. The topological polar surface area (TPSA) is 59.1 Å². The van der Waals surface area contributed by atoms with Gasteiger partial charge in [-0.3, -0.25) is 19.4 Å². The van der Waals surface area contributed by atoms with E-state index in [9.17, 15) is 14.0 Å². The Balaban J connectivity index is 1.44. The molecule has 29 heavy (non-hydrogen) atoms. The number of hydrogen-bond acceptors (Lipinski definition) is 5. The van der Waals surface area contributed by atoms with E-state index >= 15 is 0 Å². The zero-order valence-electron chi connectivity index (χ0n) is 17.4. The van der Waals surface area contributed by atoms with Crippen molar-refractivity contribution in [2.75, 3.05) is 70.3 Å². The number of piperazine rings is 2. The average molecular weight is 406 g/mol. The van der Waals surface area contributed by atoms with Crippen molar-refractivity contribution in [2.45, 2.75) is 19.9 Å². The third kappa shape index (κ3) is 5.67. The first kappa shape index (κ1) is 21.5. The summed E-state index contributed by atoms with van der Waals surface area (Å²) in [5.41, 5.74) is 0.995. The highest BCUT2D eigenvalue weighted by molar-refractivity contribution is 5.82. The first-order valence-electron chi connectivity index (χ1n) is 10.5. The Bertz CT molecular complexity index is 683. The van der Waals surface area contributed by atoms with Crippen LogP contribution in [0.4, 0.5) is 10.1 Å². The van der Waals surface area contributed by atoms with Gasteiger partial charge >= 0.3 is 0 Å². The Hall–Kier alpha value is -2.19. The zero-order valence-corrected chi connectivity index (χ0v) is 17.4. The van der Waals surface area contributed by atoms with Crippen molar-refractivity contribution in [3.63, 3.8) is 0 Å². The third-order valence-electron chi connectivity index (χ3n) is 5.84. The largest absolute Gasteiger partial charge is 0.368 e. The van der Waals surface area contributed by atoms with E-state index in [1.165, 1.54) is 12.1 Å². The summed E-state index contributed by atoms with van der Waals surface area (Å²) in [5.74, 6) is -0.00693. The van der Waals surface area contributed by atoms with Gasteiger partial charge < -0.3 is 15.1 Å². The molecule has 1 aromatic carbocycles. The molecule has 0 bridgehead atoms. The molecule has 0 radical (unpaired) electrons. The van der Waals surface area contributed by atoms with Crippen LogP contribution in [-0.4, -0.2) is 98.0 Å². The number of nitrogens with one attached hydrogen (secondary N) is 1. The van der Waals surface area contributed by atoms with Crippen molar-refractivity contribution in [1.29, 1.82) is 0 Å². The van der Waals surface area contributed by atoms with Gasteiger partial charge in [0.05, 0.1) is 12.6 Å². The van der Waals surface area contributed by atoms with Crippen LogP contribution in [0.2, 0.25) is 0 Å². The first-order chi connectivity index (χ1) is 14.0. The smallest absolute Gasteiger partial charge is 0.239 e. The van der Waals surface area contributed by atoms with Crippen molar-refractivity contribution in [2.24, 2.45) is 0 Å². The lowest BCUT2D eigenvalue weighted by atomic mass is 10.1. The van der Waals surface area contributed by atoms with E-state index in [4.69, 9.17) is 0 Å². The molecule has 2 saturated heterocycles. The summed E-state index contributed by atoms with van der Waals surface area (Å²) in [4.78, 5) is 33.2. The minimum Gasteiger partial charge on any atom is -0.368 e. The second kappa shape index (κ2) is 10.0. The molecule has 0 aliphatic carbocycles. The van der Waals surface area contributed by atoms with Crippen LogP contribution in [0, 0.1) is 5.82 Å². The Morgan fingerprint density at radius 3 is 2.21 bits per heavy atom. The molecule has 0 spiro atoms. The molecular weight excluding hydrogens is 373 g/mol. The maximum absolute atomic E-state index is 13.1. The fourth-order valence-electron chi connectivity index (χ4n) is 4.02. The van der Waals surface area contributed by atoms with Gasteiger partial charge in [0, 0.05) is 64.6 Å². The summed E-state index contributed by atoms with van der Waals surface area (Å²) in [6.45, 7) is 11.0. The molecule has 7 nitrogen and oxygen atoms in total. The van der Waals surface area contributed by atoms with Crippen molar-refractivity contribution in [3.8, 4) is 0 Å². The molecule has 1 atom stereocenters.